The zero-order valence-corrected chi connectivity index (χ0v) is 16.7. The number of rotatable bonds is 6. The molecule has 6 heteroatoms. The van der Waals surface area contributed by atoms with E-state index in [0.29, 0.717) is 19.6 Å². The summed E-state index contributed by atoms with van der Waals surface area (Å²) in [6.07, 6.45) is 0. The molecule has 1 fully saturated rings. The van der Waals surface area contributed by atoms with Gasteiger partial charge in [-0.05, 0) is 40.4 Å². The second kappa shape index (κ2) is 9.14. The van der Waals surface area contributed by atoms with Crippen LogP contribution in [0.25, 0.3) is 0 Å². The Balaban J connectivity index is 1.96. The topological polar surface area (TPSA) is 55.9 Å². The number of nitrogens with one attached hydrogen (secondary N) is 1. The average Bonchev–Trinajstić information content (AvgIpc) is 2.54. The van der Waals surface area contributed by atoms with Crippen LogP contribution in [0.1, 0.15) is 31.0 Å². The second-order valence-electron chi connectivity index (χ2n) is 7.60. The maximum atomic E-state index is 13.1. The van der Waals surface area contributed by atoms with Crippen molar-refractivity contribution < 1.29 is 9.59 Å². The summed E-state index contributed by atoms with van der Waals surface area (Å²) in [6.45, 7) is 9.13. The molecular formula is C20H32N4O2. The third-order valence-electron chi connectivity index (χ3n) is 4.61. The van der Waals surface area contributed by atoms with Gasteiger partial charge in [0.05, 0.1) is 6.54 Å². The van der Waals surface area contributed by atoms with Crippen LogP contribution in [-0.2, 0) is 9.59 Å². The van der Waals surface area contributed by atoms with Crippen LogP contribution in [0, 0.1) is 6.92 Å². The summed E-state index contributed by atoms with van der Waals surface area (Å²) in [4.78, 5) is 31.0. The van der Waals surface area contributed by atoms with E-state index in [1.54, 1.807) is 0 Å². The Labute approximate surface area is 157 Å². The van der Waals surface area contributed by atoms with Gasteiger partial charge in [0.2, 0.25) is 11.8 Å². The lowest BCUT2D eigenvalue weighted by Crippen LogP contribution is -2.53. The third kappa shape index (κ3) is 5.54. The monoisotopic (exact) mass is 360 g/mol. The molecule has 2 amide bonds. The first-order chi connectivity index (χ1) is 12.3. The maximum Gasteiger partial charge on any atom is 0.244 e. The fourth-order valence-corrected chi connectivity index (χ4v) is 3.37. The number of aryl methyl sites for hydroxylation is 1. The van der Waals surface area contributed by atoms with Gasteiger partial charge in [0.1, 0.15) is 6.04 Å². The molecule has 2 rings (SSSR count). The van der Waals surface area contributed by atoms with E-state index in [-0.39, 0.29) is 23.9 Å². The van der Waals surface area contributed by atoms with E-state index < -0.39 is 0 Å². The molecule has 0 aliphatic carbocycles. The van der Waals surface area contributed by atoms with Crippen LogP contribution < -0.4 is 5.32 Å². The van der Waals surface area contributed by atoms with Gasteiger partial charge in [0.25, 0.3) is 0 Å². The highest BCUT2D eigenvalue weighted by atomic mass is 16.2. The molecule has 0 unspecified atom stereocenters. The Morgan fingerprint density at radius 1 is 1.15 bits per heavy atom. The Bertz CT molecular complexity index is 622. The van der Waals surface area contributed by atoms with Gasteiger partial charge in [-0.2, -0.15) is 0 Å². The highest BCUT2D eigenvalue weighted by Gasteiger charge is 2.30. The van der Waals surface area contributed by atoms with Crippen molar-refractivity contribution in [1.29, 1.82) is 0 Å². The first kappa shape index (κ1) is 20.4. The largest absolute Gasteiger partial charge is 0.353 e. The molecule has 1 aromatic rings. The van der Waals surface area contributed by atoms with Crippen molar-refractivity contribution in [3.8, 4) is 0 Å². The Morgan fingerprint density at radius 3 is 2.35 bits per heavy atom. The predicted octanol–water partition coefficient (Wildman–Crippen LogP) is 1.27. The molecule has 0 bridgehead atoms. The van der Waals surface area contributed by atoms with E-state index >= 15 is 0 Å². The van der Waals surface area contributed by atoms with E-state index in [1.807, 2.05) is 62.9 Å². The molecule has 6 nitrogen and oxygen atoms in total. The number of carbonyl (C=O) groups excluding carboxylic acids is 2. The smallest absolute Gasteiger partial charge is 0.244 e. The molecule has 26 heavy (non-hydrogen) atoms. The van der Waals surface area contributed by atoms with Crippen molar-refractivity contribution in [3.05, 3.63) is 35.4 Å². The molecule has 1 heterocycles. The van der Waals surface area contributed by atoms with Crippen molar-refractivity contribution in [3.63, 3.8) is 0 Å². The Hall–Kier alpha value is -1.92. The first-order valence-electron chi connectivity index (χ1n) is 9.31. The summed E-state index contributed by atoms with van der Waals surface area (Å²) in [5, 5.41) is 2.92. The number of benzene rings is 1. The van der Waals surface area contributed by atoms with Crippen LogP contribution in [-0.4, -0.2) is 79.4 Å². The summed E-state index contributed by atoms with van der Waals surface area (Å²) < 4.78 is 0. The molecule has 0 saturated carbocycles. The van der Waals surface area contributed by atoms with Crippen LogP contribution >= 0.6 is 0 Å². The van der Waals surface area contributed by atoms with Gasteiger partial charge in [-0.3, -0.25) is 19.4 Å². The number of likely N-dealkylation sites (N-methyl/N-ethyl adjacent to an activating group) is 1. The van der Waals surface area contributed by atoms with E-state index in [9.17, 15) is 9.59 Å². The number of hydrogen-bond donors (Lipinski definition) is 1. The lowest BCUT2D eigenvalue weighted by molar-refractivity contribution is -0.138. The molecule has 1 atom stereocenters. The molecule has 1 saturated heterocycles. The minimum absolute atomic E-state index is 0.0469. The van der Waals surface area contributed by atoms with Crippen LogP contribution in [0.15, 0.2) is 24.3 Å². The van der Waals surface area contributed by atoms with Gasteiger partial charge in [-0.15, -0.1) is 0 Å². The Kier molecular flexibility index (Phi) is 7.17. The van der Waals surface area contributed by atoms with E-state index in [0.717, 1.165) is 24.2 Å². The zero-order chi connectivity index (χ0) is 19.3. The van der Waals surface area contributed by atoms with Gasteiger partial charge in [-0.1, -0.05) is 29.8 Å². The number of carbonyl (C=O) groups is 2. The normalized spacial score (nSPS) is 16.8. The molecule has 0 aromatic heterocycles. The van der Waals surface area contributed by atoms with Crippen LogP contribution in [0.3, 0.4) is 0 Å². The highest BCUT2D eigenvalue weighted by Crippen LogP contribution is 2.22. The fraction of sp³-hybridized carbons (Fsp3) is 0.600. The first-order valence-corrected chi connectivity index (χ1v) is 9.31. The van der Waals surface area contributed by atoms with Crippen LogP contribution in [0.4, 0.5) is 0 Å². The molecule has 1 aliphatic heterocycles. The van der Waals surface area contributed by atoms with Gasteiger partial charge >= 0.3 is 0 Å². The maximum absolute atomic E-state index is 13.1. The van der Waals surface area contributed by atoms with Crippen LogP contribution in [0.2, 0.25) is 0 Å². The minimum Gasteiger partial charge on any atom is -0.353 e. The Morgan fingerprint density at radius 2 is 1.81 bits per heavy atom. The van der Waals surface area contributed by atoms with Crippen molar-refractivity contribution in [2.24, 2.45) is 0 Å². The number of hydrogen-bond acceptors (Lipinski definition) is 4. The van der Waals surface area contributed by atoms with Crippen molar-refractivity contribution in [2.75, 3.05) is 46.8 Å². The predicted molar refractivity (Wildman–Crippen MR) is 104 cm³/mol. The van der Waals surface area contributed by atoms with E-state index in [2.05, 4.69) is 16.3 Å². The highest BCUT2D eigenvalue weighted by molar-refractivity contribution is 5.83. The lowest BCUT2D eigenvalue weighted by atomic mass is 10.0. The van der Waals surface area contributed by atoms with Crippen LogP contribution in [0.5, 0.6) is 0 Å². The standard InChI is InChI=1S/C20H32N4O2/c1-15(2)21-18(25)14-23-9-11-24(12-10-23)20(26)19(22(4)5)17-8-6-7-16(3)13-17/h6-8,13,15,19H,9-12,14H2,1-5H3,(H,21,25)/t19-/m1/s1. The van der Waals surface area contributed by atoms with E-state index in [1.165, 1.54) is 0 Å². The van der Waals surface area contributed by atoms with Crippen molar-refractivity contribution >= 4 is 11.8 Å². The lowest BCUT2D eigenvalue weighted by Gasteiger charge is -2.37. The molecule has 0 radical (unpaired) electrons. The van der Waals surface area contributed by atoms with E-state index in [4.69, 9.17) is 0 Å². The summed E-state index contributed by atoms with van der Waals surface area (Å²) in [6, 6.07) is 8.02. The molecule has 1 N–H and O–H groups in total. The molecule has 0 spiro atoms. The fourth-order valence-electron chi connectivity index (χ4n) is 3.37. The quantitative estimate of drug-likeness (QED) is 0.830. The van der Waals surface area contributed by atoms with Crippen molar-refractivity contribution in [2.45, 2.75) is 32.9 Å². The molecule has 1 aromatic carbocycles. The number of amides is 2. The molecular weight excluding hydrogens is 328 g/mol. The van der Waals surface area contributed by atoms with Crippen molar-refractivity contribution in [1.82, 2.24) is 20.0 Å². The van der Waals surface area contributed by atoms with Gasteiger partial charge < -0.3 is 10.2 Å². The summed E-state index contributed by atoms with van der Waals surface area (Å²) in [7, 11) is 3.88. The zero-order valence-electron chi connectivity index (χ0n) is 16.7. The minimum atomic E-state index is -0.273. The summed E-state index contributed by atoms with van der Waals surface area (Å²) >= 11 is 0. The number of nitrogens with zero attached hydrogens (tertiary/aromatic N) is 3. The van der Waals surface area contributed by atoms with Gasteiger partial charge in [0, 0.05) is 32.2 Å². The SMILES string of the molecule is Cc1cccc([C@H](C(=O)N2CCN(CC(=O)NC(C)C)CC2)N(C)C)c1. The summed E-state index contributed by atoms with van der Waals surface area (Å²) in [5.41, 5.74) is 2.18. The van der Waals surface area contributed by atoms with Gasteiger partial charge in [0.15, 0.2) is 0 Å². The molecule has 144 valence electrons. The average molecular weight is 361 g/mol. The van der Waals surface area contributed by atoms with Gasteiger partial charge in [-0.25, -0.2) is 0 Å². The number of piperazine rings is 1. The summed E-state index contributed by atoms with van der Waals surface area (Å²) in [5.74, 6) is 0.178. The second-order valence-corrected chi connectivity index (χ2v) is 7.60. The third-order valence-corrected chi connectivity index (χ3v) is 4.61. The molecule has 1 aliphatic rings.